The van der Waals surface area contributed by atoms with Gasteiger partial charge in [0.25, 0.3) is 0 Å². The molecule has 4 heteroatoms. The molecule has 0 atom stereocenters. The monoisotopic (exact) mass is 319 g/mol. The summed E-state index contributed by atoms with van der Waals surface area (Å²) in [6.45, 7) is 7.62. The standard InChI is InChI=1S/C18H29N3S/c1-15(2)19-18(22)21(17-10-12-20(3)13-11-17)14-9-16-7-5-4-6-8-16/h4-8,15,17H,9-14H2,1-3H3,(H,19,22). The second-order valence-electron chi connectivity index (χ2n) is 6.57. The minimum atomic E-state index is 0.387. The highest BCUT2D eigenvalue weighted by Crippen LogP contribution is 2.17. The predicted molar refractivity (Wildman–Crippen MR) is 98.2 cm³/mol. The van der Waals surface area contributed by atoms with E-state index in [-0.39, 0.29) is 0 Å². The summed E-state index contributed by atoms with van der Waals surface area (Å²) in [6, 6.07) is 11.7. The van der Waals surface area contributed by atoms with E-state index >= 15 is 0 Å². The maximum atomic E-state index is 5.68. The number of hydrogen-bond acceptors (Lipinski definition) is 2. The van der Waals surface area contributed by atoms with Gasteiger partial charge in [0.15, 0.2) is 5.11 Å². The lowest BCUT2D eigenvalue weighted by Crippen LogP contribution is -2.52. The van der Waals surface area contributed by atoms with Crippen LogP contribution in [-0.2, 0) is 6.42 Å². The molecule has 0 bridgehead atoms. The Morgan fingerprint density at radius 2 is 1.91 bits per heavy atom. The summed E-state index contributed by atoms with van der Waals surface area (Å²) in [5.74, 6) is 0. The Bertz CT molecular complexity index is 453. The van der Waals surface area contributed by atoms with Crippen molar-refractivity contribution in [3.63, 3.8) is 0 Å². The van der Waals surface area contributed by atoms with E-state index in [1.807, 2.05) is 0 Å². The summed E-state index contributed by atoms with van der Waals surface area (Å²) in [4.78, 5) is 4.83. The lowest BCUT2D eigenvalue weighted by molar-refractivity contribution is 0.175. The summed E-state index contributed by atoms with van der Waals surface area (Å²) < 4.78 is 0. The average molecular weight is 320 g/mol. The number of benzene rings is 1. The molecule has 0 unspecified atom stereocenters. The quantitative estimate of drug-likeness (QED) is 0.841. The maximum absolute atomic E-state index is 5.68. The van der Waals surface area contributed by atoms with Gasteiger partial charge in [-0.1, -0.05) is 30.3 Å². The lowest BCUT2D eigenvalue weighted by Gasteiger charge is -2.39. The van der Waals surface area contributed by atoms with E-state index in [9.17, 15) is 0 Å². The van der Waals surface area contributed by atoms with Gasteiger partial charge in [-0.2, -0.15) is 0 Å². The second kappa shape index (κ2) is 8.49. The predicted octanol–water partition coefficient (Wildman–Crippen LogP) is 2.91. The van der Waals surface area contributed by atoms with Crippen LogP contribution in [0.4, 0.5) is 0 Å². The van der Waals surface area contributed by atoms with E-state index in [0.29, 0.717) is 12.1 Å². The molecule has 22 heavy (non-hydrogen) atoms. The average Bonchev–Trinajstić information content (AvgIpc) is 2.49. The fourth-order valence-corrected chi connectivity index (χ4v) is 3.46. The summed E-state index contributed by atoms with van der Waals surface area (Å²) in [6.07, 6.45) is 3.45. The van der Waals surface area contributed by atoms with Gasteiger partial charge in [-0.25, -0.2) is 0 Å². The van der Waals surface area contributed by atoms with E-state index < -0.39 is 0 Å². The molecule has 3 nitrogen and oxygen atoms in total. The Hall–Kier alpha value is -1.13. The van der Waals surface area contributed by atoms with E-state index in [1.165, 1.54) is 18.4 Å². The van der Waals surface area contributed by atoms with Crippen molar-refractivity contribution in [2.75, 3.05) is 26.7 Å². The van der Waals surface area contributed by atoms with Crippen LogP contribution in [0.5, 0.6) is 0 Å². The smallest absolute Gasteiger partial charge is 0.169 e. The minimum Gasteiger partial charge on any atom is -0.360 e. The molecule has 1 saturated heterocycles. The van der Waals surface area contributed by atoms with E-state index in [0.717, 1.165) is 31.2 Å². The van der Waals surface area contributed by atoms with Crippen molar-refractivity contribution in [2.24, 2.45) is 0 Å². The minimum absolute atomic E-state index is 0.387. The van der Waals surface area contributed by atoms with Crippen LogP contribution in [0, 0.1) is 0 Å². The van der Waals surface area contributed by atoms with Crippen LogP contribution in [0.1, 0.15) is 32.3 Å². The first-order valence-electron chi connectivity index (χ1n) is 8.36. The number of thiocarbonyl (C=S) groups is 1. The molecule has 0 amide bonds. The van der Waals surface area contributed by atoms with Crippen molar-refractivity contribution in [2.45, 2.75) is 45.2 Å². The molecular formula is C18H29N3S. The maximum Gasteiger partial charge on any atom is 0.169 e. The summed E-state index contributed by atoms with van der Waals surface area (Å²) in [5.41, 5.74) is 1.38. The van der Waals surface area contributed by atoms with Crippen LogP contribution < -0.4 is 5.32 Å². The Kier molecular flexibility index (Phi) is 6.65. The van der Waals surface area contributed by atoms with Gasteiger partial charge in [0.05, 0.1) is 0 Å². The van der Waals surface area contributed by atoms with Crippen molar-refractivity contribution in [1.82, 2.24) is 15.1 Å². The molecule has 1 fully saturated rings. The molecule has 2 rings (SSSR count). The number of nitrogens with zero attached hydrogens (tertiary/aromatic N) is 2. The third-order valence-electron chi connectivity index (χ3n) is 4.29. The molecule has 0 aromatic heterocycles. The van der Waals surface area contributed by atoms with Crippen LogP contribution >= 0.6 is 12.2 Å². The van der Waals surface area contributed by atoms with Crippen molar-refractivity contribution in [1.29, 1.82) is 0 Å². The second-order valence-corrected chi connectivity index (χ2v) is 6.95. The van der Waals surface area contributed by atoms with Gasteiger partial charge < -0.3 is 15.1 Å². The topological polar surface area (TPSA) is 18.5 Å². The Labute approximate surface area is 140 Å². The lowest BCUT2D eigenvalue weighted by atomic mass is 10.0. The largest absolute Gasteiger partial charge is 0.360 e. The molecule has 1 aliphatic heterocycles. The molecule has 0 radical (unpaired) electrons. The number of piperidine rings is 1. The molecule has 0 saturated carbocycles. The molecule has 0 aliphatic carbocycles. The highest BCUT2D eigenvalue weighted by molar-refractivity contribution is 7.80. The van der Waals surface area contributed by atoms with Crippen molar-refractivity contribution in [3.8, 4) is 0 Å². The third kappa shape index (κ3) is 5.25. The molecule has 1 heterocycles. The van der Waals surface area contributed by atoms with Crippen LogP contribution in [0.25, 0.3) is 0 Å². The van der Waals surface area contributed by atoms with Crippen molar-refractivity contribution < 1.29 is 0 Å². The first kappa shape index (κ1) is 17.2. The number of rotatable bonds is 5. The first-order valence-corrected chi connectivity index (χ1v) is 8.76. The van der Waals surface area contributed by atoms with E-state index in [1.54, 1.807) is 0 Å². The van der Waals surface area contributed by atoms with Gasteiger partial charge in [0.1, 0.15) is 0 Å². The molecule has 1 aromatic rings. The molecule has 122 valence electrons. The zero-order valence-corrected chi connectivity index (χ0v) is 14.9. The van der Waals surface area contributed by atoms with Gasteiger partial charge >= 0.3 is 0 Å². The van der Waals surface area contributed by atoms with E-state index in [4.69, 9.17) is 12.2 Å². The Morgan fingerprint density at radius 1 is 1.27 bits per heavy atom. The number of nitrogens with one attached hydrogen (secondary N) is 1. The van der Waals surface area contributed by atoms with Gasteiger partial charge in [-0.15, -0.1) is 0 Å². The number of hydrogen-bond donors (Lipinski definition) is 1. The van der Waals surface area contributed by atoms with Crippen molar-refractivity contribution in [3.05, 3.63) is 35.9 Å². The number of likely N-dealkylation sites (tertiary alicyclic amines) is 1. The fourth-order valence-electron chi connectivity index (χ4n) is 2.98. The van der Waals surface area contributed by atoms with Gasteiger partial charge in [-0.3, -0.25) is 0 Å². The molecule has 0 spiro atoms. The van der Waals surface area contributed by atoms with Crippen molar-refractivity contribution >= 4 is 17.3 Å². The van der Waals surface area contributed by atoms with Gasteiger partial charge in [0, 0.05) is 18.6 Å². The summed E-state index contributed by atoms with van der Waals surface area (Å²) in [5, 5.41) is 4.35. The molecule has 1 aromatic carbocycles. The zero-order valence-electron chi connectivity index (χ0n) is 14.1. The Morgan fingerprint density at radius 3 is 2.50 bits per heavy atom. The van der Waals surface area contributed by atoms with E-state index in [2.05, 4.69) is 66.3 Å². The zero-order chi connectivity index (χ0) is 15.9. The summed E-state index contributed by atoms with van der Waals surface area (Å²) >= 11 is 5.68. The van der Waals surface area contributed by atoms with Crippen LogP contribution in [0.3, 0.4) is 0 Å². The highest BCUT2D eigenvalue weighted by atomic mass is 32.1. The van der Waals surface area contributed by atoms with Crippen LogP contribution in [0.15, 0.2) is 30.3 Å². The normalized spacial score (nSPS) is 16.7. The molecular weight excluding hydrogens is 290 g/mol. The third-order valence-corrected chi connectivity index (χ3v) is 4.64. The van der Waals surface area contributed by atoms with Gasteiger partial charge in [-0.05, 0) is 71.0 Å². The van der Waals surface area contributed by atoms with Gasteiger partial charge in [0.2, 0.25) is 0 Å². The molecule has 1 N–H and O–H groups in total. The van der Waals surface area contributed by atoms with Crippen LogP contribution in [0.2, 0.25) is 0 Å². The fraction of sp³-hybridized carbons (Fsp3) is 0.611. The molecule has 1 aliphatic rings. The first-order chi connectivity index (χ1) is 10.6. The summed E-state index contributed by atoms with van der Waals surface area (Å²) in [7, 11) is 2.20. The Balaban J connectivity index is 1.99. The highest BCUT2D eigenvalue weighted by Gasteiger charge is 2.25. The SMILES string of the molecule is CC(C)NC(=S)N(CCc1ccccc1)C1CCN(C)CC1. The van der Waals surface area contributed by atoms with Crippen LogP contribution in [-0.4, -0.2) is 53.7 Å².